The van der Waals surface area contributed by atoms with Gasteiger partial charge < -0.3 is 16.8 Å². The van der Waals surface area contributed by atoms with E-state index in [-0.39, 0.29) is 5.82 Å². The maximum Gasteiger partial charge on any atom is 0.130 e. The second-order valence-corrected chi connectivity index (χ2v) is 7.10. The van der Waals surface area contributed by atoms with E-state index in [9.17, 15) is 4.39 Å². The lowest BCUT2D eigenvalue weighted by molar-refractivity contribution is 0.625. The van der Waals surface area contributed by atoms with Gasteiger partial charge in [0.1, 0.15) is 11.7 Å². The minimum absolute atomic E-state index is 0.206. The van der Waals surface area contributed by atoms with Crippen molar-refractivity contribution in [2.45, 2.75) is 40.2 Å². The largest absolute Gasteiger partial charge is 0.399 e. The third-order valence-electron chi connectivity index (χ3n) is 4.47. The lowest BCUT2D eigenvalue weighted by atomic mass is 10.1. The SMILES string of the molecule is CC.CCCc1cc(F)ccc1N.CN=C(NCc1ccccc1Cl)c1ccccc1N. The number of amidine groups is 1. The maximum atomic E-state index is 12.6. The molecule has 0 fully saturated rings. The monoisotopic (exact) mass is 456 g/mol. The van der Waals surface area contributed by atoms with Gasteiger partial charge in [-0.25, -0.2) is 4.39 Å². The van der Waals surface area contributed by atoms with Gasteiger partial charge >= 0.3 is 0 Å². The van der Waals surface area contributed by atoms with Crippen LogP contribution in [0.5, 0.6) is 0 Å². The molecule has 0 atom stereocenters. The molecule has 3 aromatic carbocycles. The number of aliphatic imine (C=N–C) groups is 1. The van der Waals surface area contributed by atoms with Crippen molar-refractivity contribution in [1.29, 1.82) is 0 Å². The van der Waals surface area contributed by atoms with E-state index < -0.39 is 0 Å². The van der Waals surface area contributed by atoms with Crippen molar-refractivity contribution in [3.8, 4) is 0 Å². The van der Waals surface area contributed by atoms with E-state index in [2.05, 4.69) is 10.3 Å². The standard InChI is InChI=1S/C15H16ClN3.C9H12FN.C2H6/c1-18-15(12-7-3-5-9-14(12)17)19-10-11-6-2-4-8-13(11)16;1-2-3-7-6-8(10)4-5-9(7)11;1-2/h2-9H,10,17H2,1H3,(H,18,19);4-6H,2-3,11H2,1H3;1-2H3. The molecule has 5 N–H and O–H groups in total. The van der Waals surface area contributed by atoms with E-state index in [4.69, 9.17) is 23.1 Å². The predicted octanol–water partition coefficient (Wildman–Crippen LogP) is 6.48. The minimum Gasteiger partial charge on any atom is -0.399 e. The Labute approximate surface area is 196 Å². The fourth-order valence-electron chi connectivity index (χ4n) is 2.89. The molecule has 0 aliphatic heterocycles. The number of nitrogens with one attached hydrogen (secondary N) is 1. The Kier molecular flexibility index (Phi) is 12.5. The Morgan fingerprint density at radius 3 is 2.22 bits per heavy atom. The fraction of sp³-hybridized carbons (Fsp3) is 0.269. The second-order valence-electron chi connectivity index (χ2n) is 6.70. The summed E-state index contributed by atoms with van der Waals surface area (Å²) in [4.78, 5) is 4.25. The van der Waals surface area contributed by atoms with Gasteiger partial charge in [-0.15, -0.1) is 0 Å². The predicted molar refractivity (Wildman–Crippen MR) is 138 cm³/mol. The molecule has 0 aliphatic rings. The Balaban J connectivity index is 0.000000335. The second kappa shape index (κ2) is 14.9. The number of aryl methyl sites for hydroxylation is 1. The molecule has 0 bridgehead atoms. The third kappa shape index (κ3) is 8.60. The van der Waals surface area contributed by atoms with Crippen LogP contribution in [0.3, 0.4) is 0 Å². The van der Waals surface area contributed by atoms with Crippen LogP contribution in [0.25, 0.3) is 0 Å². The van der Waals surface area contributed by atoms with Crippen LogP contribution in [0.1, 0.15) is 43.9 Å². The Hall–Kier alpha value is -3.05. The van der Waals surface area contributed by atoms with Gasteiger partial charge in [0.05, 0.1) is 0 Å². The average molecular weight is 457 g/mol. The van der Waals surface area contributed by atoms with Crippen LogP contribution >= 0.6 is 11.6 Å². The van der Waals surface area contributed by atoms with Crippen molar-refractivity contribution in [3.63, 3.8) is 0 Å². The number of halogens is 2. The molecule has 0 saturated heterocycles. The number of nitrogen functional groups attached to an aromatic ring is 2. The smallest absolute Gasteiger partial charge is 0.130 e. The summed E-state index contributed by atoms with van der Waals surface area (Å²) >= 11 is 6.12. The highest BCUT2D eigenvalue weighted by atomic mass is 35.5. The van der Waals surface area contributed by atoms with Crippen LogP contribution in [-0.2, 0) is 13.0 Å². The lowest BCUT2D eigenvalue weighted by Crippen LogP contribution is -2.25. The summed E-state index contributed by atoms with van der Waals surface area (Å²) in [5.41, 5.74) is 15.8. The fourth-order valence-corrected chi connectivity index (χ4v) is 3.09. The summed E-state index contributed by atoms with van der Waals surface area (Å²) in [5.74, 6) is 0.556. The zero-order valence-corrected chi connectivity index (χ0v) is 20.1. The number of benzene rings is 3. The quantitative estimate of drug-likeness (QED) is 0.234. The zero-order valence-electron chi connectivity index (χ0n) is 19.3. The molecular formula is C26H34ClFN4. The van der Waals surface area contributed by atoms with Gasteiger partial charge in [0.15, 0.2) is 0 Å². The summed E-state index contributed by atoms with van der Waals surface area (Å²) in [6.07, 6.45) is 1.84. The van der Waals surface area contributed by atoms with Gasteiger partial charge in [-0.1, -0.05) is 69.1 Å². The lowest BCUT2D eigenvalue weighted by Gasteiger charge is -2.12. The summed E-state index contributed by atoms with van der Waals surface area (Å²) in [7, 11) is 1.74. The van der Waals surface area contributed by atoms with E-state index in [1.807, 2.05) is 69.3 Å². The van der Waals surface area contributed by atoms with Crippen LogP contribution < -0.4 is 16.8 Å². The van der Waals surface area contributed by atoms with Crippen LogP contribution in [-0.4, -0.2) is 12.9 Å². The number of anilines is 2. The van der Waals surface area contributed by atoms with E-state index in [1.165, 1.54) is 12.1 Å². The third-order valence-corrected chi connectivity index (χ3v) is 4.84. The first-order valence-corrected chi connectivity index (χ1v) is 11.2. The highest BCUT2D eigenvalue weighted by Crippen LogP contribution is 2.16. The molecule has 0 radical (unpaired) electrons. The molecule has 4 nitrogen and oxygen atoms in total. The van der Waals surface area contributed by atoms with E-state index >= 15 is 0 Å². The highest BCUT2D eigenvalue weighted by molar-refractivity contribution is 6.31. The minimum atomic E-state index is -0.206. The molecule has 32 heavy (non-hydrogen) atoms. The van der Waals surface area contributed by atoms with Gasteiger partial charge in [0.2, 0.25) is 0 Å². The average Bonchev–Trinajstić information content (AvgIpc) is 2.81. The van der Waals surface area contributed by atoms with Gasteiger partial charge in [0.25, 0.3) is 0 Å². The maximum absolute atomic E-state index is 12.6. The van der Waals surface area contributed by atoms with Crippen molar-refractivity contribution < 1.29 is 4.39 Å². The van der Waals surface area contributed by atoms with Crippen molar-refractivity contribution in [3.05, 3.63) is 94.3 Å². The van der Waals surface area contributed by atoms with Crippen LogP contribution in [0.2, 0.25) is 5.02 Å². The Morgan fingerprint density at radius 1 is 0.938 bits per heavy atom. The number of hydrogen-bond donors (Lipinski definition) is 3. The summed E-state index contributed by atoms with van der Waals surface area (Å²) in [6, 6.07) is 19.9. The van der Waals surface area contributed by atoms with Gasteiger partial charge in [-0.05, 0) is 53.9 Å². The number of para-hydroxylation sites is 1. The van der Waals surface area contributed by atoms with Crippen LogP contribution in [0, 0.1) is 5.82 Å². The molecule has 3 rings (SSSR count). The van der Waals surface area contributed by atoms with Gasteiger partial charge in [-0.3, -0.25) is 4.99 Å². The topological polar surface area (TPSA) is 76.4 Å². The Morgan fingerprint density at radius 2 is 1.59 bits per heavy atom. The molecule has 0 aliphatic carbocycles. The number of nitrogens with two attached hydrogens (primary N) is 2. The zero-order chi connectivity index (χ0) is 23.9. The van der Waals surface area contributed by atoms with E-state index in [1.54, 1.807) is 13.1 Å². The molecule has 0 aromatic heterocycles. The first-order chi connectivity index (χ1) is 15.5. The molecule has 0 amide bonds. The first-order valence-electron chi connectivity index (χ1n) is 10.8. The molecule has 0 saturated carbocycles. The number of hydrogen-bond acceptors (Lipinski definition) is 3. The molecule has 0 unspecified atom stereocenters. The van der Waals surface area contributed by atoms with Crippen LogP contribution in [0.15, 0.2) is 71.7 Å². The van der Waals surface area contributed by atoms with Crippen molar-refractivity contribution >= 4 is 28.8 Å². The normalized spacial score (nSPS) is 10.4. The van der Waals surface area contributed by atoms with E-state index in [0.717, 1.165) is 40.4 Å². The molecule has 6 heteroatoms. The molecule has 0 heterocycles. The first kappa shape index (κ1) is 27.0. The van der Waals surface area contributed by atoms with Crippen molar-refractivity contribution in [2.75, 3.05) is 18.5 Å². The molecular weight excluding hydrogens is 423 g/mol. The van der Waals surface area contributed by atoms with E-state index in [0.29, 0.717) is 17.9 Å². The molecule has 3 aromatic rings. The van der Waals surface area contributed by atoms with Crippen LogP contribution in [0.4, 0.5) is 15.8 Å². The summed E-state index contributed by atoms with van der Waals surface area (Å²) in [6.45, 7) is 6.66. The summed E-state index contributed by atoms with van der Waals surface area (Å²) in [5, 5.41) is 4.01. The molecule has 0 spiro atoms. The van der Waals surface area contributed by atoms with Gasteiger partial charge in [-0.2, -0.15) is 0 Å². The highest BCUT2D eigenvalue weighted by Gasteiger charge is 2.07. The number of nitrogens with zero attached hydrogens (tertiary/aromatic N) is 1. The van der Waals surface area contributed by atoms with Crippen molar-refractivity contribution in [1.82, 2.24) is 5.32 Å². The number of rotatable bonds is 5. The molecule has 172 valence electrons. The van der Waals surface area contributed by atoms with Gasteiger partial charge in [0, 0.05) is 35.6 Å². The summed E-state index contributed by atoms with van der Waals surface area (Å²) < 4.78 is 12.6. The Bertz CT molecular complexity index is 989. The van der Waals surface area contributed by atoms with Crippen molar-refractivity contribution in [2.24, 2.45) is 4.99 Å².